The van der Waals surface area contributed by atoms with Crippen molar-refractivity contribution in [1.82, 2.24) is 0 Å². The molecule has 0 fully saturated rings. The van der Waals surface area contributed by atoms with Gasteiger partial charge >= 0.3 is 5.97 Å². The Balaban J connectivity index is 2.84. The normalized spacial score (nSPS) is 11.7. The third kappa shape index (κ3) is 3.17. The van der Waals surface area contributed by atoms with E-state index in [2.05, 4.69) is 10.1 Å². The first-order valence-corrected chi connectivity index (χ1v) is 5.05. The van der Waals surface area contributed by atoms with Gasteiger partial charge in [0.25, 0.3) is 5.69 Å². The molecule has 92 valence electrons. The molecule has 0 spiro atoms. The Labute approximate surface area is 98.7 Å². The number of methoxy groups -OCH3 is 1. The number of carbonyl (C=O) groups excluding carboxylic acids is 1. The van der Waals surface area contributed by atoms with Crippen LogP contribution in [0.5, 0.6) is 0 Å². The van der Waals surface area contributed by atoms with E-state index in [-0.39, 0.29) is 11.7 Å². The van der Waals surface area contributed by atoms with Crippen LogP contribution >= 0.6 is 0 Å². The summed E-state index contributed by atoms with van der Waals surface area (Å²) >= 11 is 0. The van der Waals surface area contributed by atoms with E-state index in [1.807, 2.05) is 0 Å². The SMILES string of the molecule is COC(=O)C(C)Nc1ccc([N+](=O)[O-])c(C)c1. The van der Waals surface area contributed by atoms with Gasteiger partial charge in [-0.2, -0.15) is 0 Å². The molecule has 0 aliphatic carbocycles. The van der Waals surface area contributed by atoms with Crippen molar-refractivity contribution in [1.29, 1.82) is 0 Å². The Morgan fingerprint density at radius 1 is 1.53 bits per heavy atom. The summed E-state index contributed by atoms with van der Waals surface area (Å²) in [4.78, 5) is 21.4. The van der Waals surface area contributed by atoms with Crippen LogP contribution in [0, 0.1) is 17.0 Å². The highest BCUT2D eigenvalue weighted by atomic mass is 16.6. The number of nitrogens with zero attached hydrogens (tertiary/aromatic N) is 1. The lowest BCUT2D eigenvalue weighted by molar-refractivity contribution is -0.385. The Kier molecular flexibility index (Phi) is 4.03. The number of nitrogens with one attached hydrogen (secondary N) is 1. The van der Waals surface area contributed by atoms with E-state index in [1.165, 1.54) is 13.2 Å². The average molecular weight is 238 g/mol. The number of hydrogen-bond acceptors (Lipinski definition) is 5. The fraction of sp³-hybridized carbons (Fsp3) is 0.364. The van der Waals surface area contributed by atoms with Gasteiger partial charge in [0.05, 0.1) is 12.0 Å². The van der Waals surface area contributed by atoms with E-state index in [0.717, 1.165) is 0 Å². The van der Waals surface area contributed by atoms with E-state index >= 15 is 0 Å². The minimum absolute atomic E-state index is 0.0567. The Morgan fingerprint density at radius 2 is 2.18 bits per heavy atom. The molecular weight excluding hydrogens is 224 g/mol. The van der Waals surface area contributed by atoms with Crippen LogP contribution in [-0.2, 0) is 9.53 Å². The summed E-state index contributed by atoms with van der Waals surface area (Å²) in [6, 6.07) is 4.09. The molecule has 1 aromatic carbocycles. The Morgan fingerprint density at radius 3 is 2.65 bits per heavy atom. The van der Waals surface area contributed by atoms with Gasteiger partial charge in [-0.3, -0.25) is 10.1 Å². The lowest BCUT2D eigenvalue weighted by Crippen LogP contribution is -2.27. The van der Waals surface area contributed by atoms with Crippen molar-refractivity contribution >= 4 is 17.3 Å². The summed E-state index contributed by atoms with van der Waals surface area (Å²) in [6.07, 6.45) is 0. The van der Waals surface area contributed by atoms with Crippen LogP contribution in [0.1, 0.15) is 12.5 Å². The summed E-state index contributed by atoms with van der Waals surface area (Å²) in [5, 5.41) is 13.5. The number of aryl methyl sites for hydroxylation is 1. The van der Waals surface area contributed by atoms with Crippen LogP contribution < -0.4 is 5.32 Å². The van der Waals surface area contributed by atoms with Gasteiger partial charge in [-0.15, -0.1) is 0 Å². The summed E-state index contributed by atoms with van der Waals surface area (Å²) in [7, 11) is 1.31. The van der Waals surface area contributed by atoms with Crippen LogP contribution in [0.4, 0.5) is 11.4 Å². The maximum atomic E-state index is 11.2. The number of carbonyl (C=O) groups is 1. The molecule has 6 heteroatoms. The highest BCUT2D eigenvalue weighted by Gasteiger charge is 2.14. The first kappa shape index (κ1) is 13.0. The van der Waals surface area contributed by atoms with Gasteiger partial charge in [-0.05, 0) is 26.0 Å². The van der Waals surface area contributed by atoms with Gasteiger partial charge in [0, 0.05) is 17.3 Å². The maximum absolute atomic E-state index is 11.2. The van der Waals surface area contributed by atoms with E-state index in [0.29, 0.717) is 11.3 Å². The number of hydrogen-bond donors (Lipinski definition) is 1. The standard InChI is InChI=1S/C11H14N2O4/c1-7-6-9(4-5-10(7)13(15)16)12-8(2)11(14)17-3/h4-6,8,12H,1-3H3. The minimum atomic E-state index is -0.499. The predicted octanol–water partition coefficient (Wildman–Crippen LogP) is 1.88. The van der Waals surface area contributed by atoms with Gasteiger partial charge in [-0.25, -0.2) is 4.79 Å². The number of ether oxygens (including phenoxy) is 1. The van der Waals surface area contributed by atoms with E-state index in [1.54, 1.807) is 26.0 Å². The van der Waals surface area contributed by atoms with Crippen molar-refractivity contribution in [2.45, 2.75) is 19.9 Å². The lowest BCUT2D eigenvalue weighted by Gasteiger charge is -2.13. The molecule has 0 amide bonds. The molecule has 1 N–H and O–H groups in total. The topological polar surface area (TPSA) is 81.5 Å². The highest BCUT2D eigenvalue weighted by molar-refractivity contribution is 5.78. The first-order chi connectivity index (χ1) is 7.95. The Hall–Kier alpha value is -2.11. The quantitative estimate of drug-likeness (QED) is 0.492. The largest absolute Gasteiger partial charge is 0.467 e. The fourth-order valence-electron chi connectivity index (χ4n) is 1.44. The molecule has 0 saturated heterocycles. The van der Waals surface area contributed by atoms with E-state index in [9.17, 15) is 14.9 Å². The van der Waals surface area contributed by atoms with Crippen LogP contribution in [0.15, 0.2) is 18.2 Å². The molecule has 0 heterocycles. The van der Waals surface area contributed by atoms with Crippen molar-refractivity contribution < 1.29 is 14.5 Å². The summed E-state index contributed by atoms with van der Waals surface area (Å²) < 4.78 is 4.57. The first-order valence-electron chi connectivity index (χ1n) is 5.05. The van der Waals surface area contributed by atoms with Crippen molar-refractivity contribution in [3.8, 4) is 0 Å². The molecule has 0 aliphatic rings. The second kappa shape index (κ2) is 5.29. The number of nitro groups is 1. The second-order valence-corrected chi connectivity index (χ2v) is 3.65. The van der Waals surface area contributed by atoms with E-state index < -0.39 is 11.0 Å². The highest BCUT2D eigenvalue weighted by Crippen LogP contribution is 2.21. The average Bonchev–Trinajstić information content (AvgIpc) is 2.27. The summed E-state index contributed by atoms with van der Waals surface area (Å²) in [6.45, 7) is 3.30. The van der Waals surface area contributed by atoms with Gasteiger partial charge < -0.3 is 10.1 Å². The van der Waals surface area contributed by atoms with Gasteiger partial charge in [0.1, 0.15) is 6.04 Å². The van der Waals surface area contributed by atoms with E-state index in [4.69, 9.17) is 0 Å². The van der Waals surface area contributed by atoms with Crippen LogP contribution in [0.2, 0.25) is 0 Å². The van der Waals surface area contributed by atoms with Crippen LogP contribution in [0.25, 0.3) is 0 Å². The molecule has 17 heavy (non-hydrogen) atoms. The maximum Gasteiger partial charge on any atom is 0.327 e. The number of anilines is 1. The zero-order chi connectivity index (χ0) is 13.0. The van der Waals surface area contributed by atoms with Crippen molar-refractivity contribution in [2.24, 2.45) is 0 Å². The number of esters is 1. The monoisotopic (exact) mass is 238 g/mol. The zero-order valence-electron chi connectivity index (χ0n) is 9.89. The molecular formula is C11H14N2O4. The second-order valence-electron chi connectivity index (χ2n) is 3.65. The number of rotatable bonds is 4. The van der Waals surface area contributed by atoms with Gasteiger partial charge in [-0.1, -0.05) is 0 Å². The molecule has 0 bridgehead atoms. The number of nitro benzene ring substituents is 1. The van der Waals surface area contributed by atoms with Crippen molar-refractivity contribution in [3.63, 3.8) is 0 Å². The molecule has 0 radical (unpaired) electrons. The third-order valence-corrected chi connectivity index (χ3v) is 2.33. The van der Waals surface area contributed by atoms with Crippen molar-refractivity contribution in [2.75, 3.05) is 12.4 Å². The molecule has 6 nitrogen and oxygen atoms in total. The summed E-state index contributed by atoms with van der Waals surface area (Å²) in [5.74, 6) is -0.388. The zero-order valence-corrected chi connectivity index (χ0v) is 9.89. The molecule has 1 rings (SSSR count). The molecule has 0 aromatic heterocycles. The van der Waals surface area contributed by atoms with Gasteiger partial charge in [0.2, 0.25) is 0 Å². The molecule has 1 atom stereocenters. The van der Waals surface area contributed by atoms with Gasteiger partial charge in [0.15, 0.2) is 0 Å². The van der Waals surface area contributed by atoms with Crippen LogP contribution in [-0.4, -0.2) is 24.0 Å². The number of benzene rings is 1. The lowest BCUT2D eigenvalue weighted by atomic mass is 10.1. The van der Waals surface area contributed by atoms with Crippen LogP contribution in [0.3, 0.4) is 0 Å². The smallest absolute Gasteiger partial charge is 0.327 e. The van der Waals surface area contributed by atoms with Crippen molar-refractivity contribution in [3.05, 3.63) is 33.9 Å². The predicted molar refractivity (Wildman–Crippen MR) is 62.9 cm³/mol. The third-order valence-electron chi connectivity index (χ3n) is 2.33. The molecule has 0 saturated carbocycles. The summed E-state index contributed by atoms with van der Waals surface area (Å²) in [5.41, 5.74) is 1.24. The molecule has 0 aliphatic heterocycles. The Bertz CT molecular complexity index is 445. The molecule has 1 aromatic rings. The fourth-order valence-corrected chi connectivity index (χ4v) is 1.44. The molecule has 1 unspecified atom stereocenters. The minimum Gasteiger partial charge on any atom is -0.467 e.